The van der Waals surface area contributed by atoms with E-state index in [4.69, 9.17) is 0 Å². The first-order valence-corrected chi connectivity index (χ1v) is 7.72. The Morgan fingerprint density at radius 2 is 2.00 bits per heavy atom. The lowest BCUT2D eigenvalue weighted by Gasteiger charge is -2.29. The molecule has 1 aliphatic rings. The molecule has 1 aromatic heterocycles. The predicted octanol–water partition coefficient (Wildman–Crippen LogP) is 2.16. The summed E-state index contributed by atoms with van der Waals surface area (Å²) < 4.78 is 0. The highest BCUT2D eigenvalue weighted by Gasteiger charge is 2.26. The van der Waals surface area contributed by atoms with Gasteiger partial charge in [0.25, 0.3) is 5.91 Å². The zero-order valence-corrected chi connectivity index (χ0v) is 12.7. The highest BCUT2D eigenvalue weighted by Crippen LogP contribution is 2.26. The van der Waals surface area contributed by atoms with Crippen molar-refractivity contribution in [1.82, 2.24) is 15.1 Å². The number of carbonyl (C=O) groups excluding carboxylic acids is 1. The number of aliphatic hydroxyl groups excluding tert-OH is 1. The zero-order valence-electron chi connectivity index (χ0n) is 12.7. The van der Waals surface area contributed by atoms with Gasteiger partial charge < -0.3 is 10.0 Å². The minimum absolute atomic E-state index is 0.00145. The second kappa shape index (κ2) is 6.32. The summed E-state index contributed by atoms with van der Waals surface area (Å²) in [6.07, 6.45) is 2.62. The van der Waals surface area contributed by atoms with Gasteiger partial charge in [-0.25, -0.2) is 0 Å². The minimum Gasteiger partial charge on any atom is -0.393 e. The third kappa shape index (κ3) is 2.90. The number of hydrogen-bond donors (Lipinski definition) is 2. The number of nitrogens with one attached hydrogen (secondary N) is 1. The molecule has 2 N–H and O–H groups in total. The maximum atomic E-state index is 12.7. The normalized spacial score (nSPS) is 17.5. The average Bonchev–Trinajstić information content (AvgIpc) is 3.04. The van der Waals surface area contributed by atoms with E-state index in [0.29, 0.717) is 31.5 Å². The quantitative estimate of drug-likeness (QED) is 0.912. The van der Waals surface area contributed by atoms with E-state index in [1.165, 1.54) is 0 Å². The van der Waals surface area contributed by atoms with Crippen molar-refractivity contribution < 1.29 is 9.90 Å². The fraction of sp³-hybridized carbons (Fsp3) is 0.412. The number of piperidine rings is 1. The number of H-pyrrole nitrogens is 1. The smallest absolute Gasteiger partial charge is 0.257 e. The maximum Gasteiger partial charge on any atom is 0.257 e. The van der Waals surface area contributed by atoms with Crippen molar-refractivity contribution in [2.24, 2.45) is 0 Å². The highest BCUT2D eigenvalue weighted by molar-refractivity contribution is 5.95. The summed E-state index contributed by atoms with van der Waals surface area (Å²) in [5.41, 5.74) is 2.63. The molecule has 1 fully saturated rings. The number of aromatic nitrogens is 2. The maximum absolute atomic E-state index is 12.7. The molecule has 0 bridgehead atoms. The van der Waals surface area contributed by atoms with E-state index in [0.717, 1.165) is 11.3 Å². The van der Waals surface area contributed by atoms with E-state index in [2.05, 4.69) is 29.3 Å². The van der Waals surface area contributed by atoms with Crippen LogP contribution in [0.4, 0.5) is 0 Å². The van der Waals surface area contributed by atoms with E-state index in [9.17, 15) is 9.90 Å². The molecule has 116 valence electrons. The number of aromatic amines is 1. The van der Waals surface area contributed by atoms with Gasteiger partial charge in [0.15, 0.2) is 0 Å². The number of amides is 1. The van der Waals surface area contributed by atoms with Gasteiger partial charge >= 0.3 is 0 Å². The number of hydrogen-bond acceptors (Lipinski definition) is 3. The average molecular weight is 299 g/mol. The van der Waals surface area contributed by atoms with E-state index in [1.54, 1.807) is 11.1 Å². The van der Waals surface area contributed by atoms with Crippen LogP contribution < -0.4 is 0 Å². The lowest BCUT2D eigenvalue weighted by Crippen LogP contribution is -2.40. The number of nitrogens with zero attached hydrogens (tertiary/aromatic N) is 2. The summed E-state index contributed by atoms with van der Waals surface area (Å²) in [5.74, 6) is 0.0801. The summed E-state index contributed by atoms with van der Waals surface area (Å²) in [6, 6.07) is 10.1. The molecule has 5 nitrogen and oxygen atoms in total. The van der Waals surface area contributed by atoms with Gasteiger partial charge in [0.05, 0.1) is 23.6 Å². The fourth-order valence-corrected chi connectivity index (χ4v) is 2.94. The zero-order chi connectivity index (χ0) is 15.5. The Balaban J connectivity index is 1.81. The second-order valence-corrected chi connectivity index (χ2v) is 5.85. The van der Waals surface area contributed by atoms with Crippen molar-refractivity contribution >= 4 is 5.91 Å². The first kappa shape index (κ1) is 14.8. The standard InChI is InChI=1S/C17H21N3O2/c1-12(13-5-3-2-4-6-13)16-15(11-18-19-16)17(22)20-9-7-14(21)8-10-20/h2-6,11-12,14,21H,7-10H2,1H3,(H,18,19). The van der Waals surface area contributed by atoms with E-state index >= 15 is 0 Å². The predicted molar refractivity (Wildman–Crippen MR) is 83.7 cm³/mol. The molecule has 5 heteroatoms. The van der Waals surface area contributed by atoms with Crippen LogP contribution in [-0.2, 0) is 0 Å². The minimum atomic E-state index is -0.281. The largest absolute Gasteiger partial charge is 0.393 e. The summed E-state index contributed by atoms with van der Waals surface area (Å²) >= 11 is 0. The molecule has 0 saturated carbocycles. The Morgan fingerprint density at radius 1 is 1.32 bits per heavy atom. The van der Waals surface area contributed by atoms with E-state index < -0.39 is 0 Å². The first-order chi connectivity index (χ1) is 10.7. The first-order valence-electron chi connectivity index (χ1n) is 7.72. The van der Waals surface area contributed by atoms with E-state index in [-0.39, 0.29) is 17.9 Å². The van der Waals surface area contributed by atoms with Crippen LogP contribution in [0.25, 0.3) is 0 Å². The lowest BCUT2D eigenvalue weighted by molar-refractivity contribution is 0.0545. The summed E-state index contributed by atoms with van der Waals surface area (Å²) in [4.78, 5) is 14.5. The molecular weight excluding hydrogens is 278 g/mol. The molecule has 0 spiro atoms. The van der Waals surface area contributed by atoms with Crippen LogP contribution in [0.15, 0.2) is 36.5 Å². The van der Waals surface area contributed by atoms with Gasteiger partial charge in [-0.05, 0) is 18.4 Å². The number of benzene rings is 1. The number of carbonyl (C=O) groups is 1. The van der Waals surface area contributed by atoms with Crippen molar-refractivity contribution in [3.8, 4) is 0 Å². The topological polar surface area (TPSA) is 69.2 Å². The summed E-state index contributed by atoms with van der Waals surface area (Å²) in [6.45, 7) is 3.27. The van der Waals surface area contributed by atoms with Crippen molar-refractivity contribution in [2.45, 2.75) is 31.8 Å². The Hall–Kier alpha value is -2.14. The van der Waals surface area contributed by atoms with Gasteiger partial charge in [0, 0.05) is 19.0 Å². The molecular formula is C17H21N3O2. The molecule has 1 saturated heterocycles. The van der Waals surface area contributed by atoms with Crippen molar-refractivity contribution in [3.05, 3.63) is 53.3 Å². The third-order valence-electron chi connectivity index (χ3n) is 4.38. The van der Waals surface area contributed by atoms with Crippen LogP contribution in [0.5, 0.6) is 0 Å². The fourth-order valence-electron chi connectivity index (χ4n) is 2.94. The lowest BCUT2D eigenvalue weighted by atomic mass is 9.94. The van der Waals surface area contributed by atoms with Crippen LogP contribution in [0.2, 0.25) is 0 Å². The van der Waals surface area contributed by atoms with Crippen LogP contribution in [-0.4, -0.2) is 45.3 Å². The van der Waals surface area contributed by atoms with Crippen molar-refractivity contribution in [3.63, 3.8) is 0 Å². The van der Waals surface area contributed by atoms with Gasteiger partial charge in [-0.3, -0.25) is 9.89 Å². The molecule has 1 atom stereocenters. The van der Waals surface area contributed by atoms with Gasteiger partial charge in [-0.1, -0.05) is 37.3 Å². The number of aliphatic hydroxyl groups is 1. The van der Waals surface area contributed by atoms with Crippen LogP contribution in [0.1, 0.15) is 47.3 Å². The molecule has 1 amide bonds. The molecule has 3 rings (SSSR count). The highest BCUT2D eigenvalue weighted by atomic mass is 16.3. The Labute approximate surface area is 130 Å². The second-order valence-electron chi connectivity index (χ2n) is 5.85. The summed E-state index contributed by atoms with van der Waals surface area (Å²) in [7, 11) is 0. The van der Waals surface area contributed by atoms with Crippen LogP contribution in [0.3, 0.4) is 0 Å². The molecule has 2 aromatic rings. The molecule has 22 heavy (non-hydrogen) atoms. The van der Waals surface area contributed by atoms with Crippen molar-refractivity contribution in [1.29, 1.82) is 0 Å². The number of rotatable bonds is 3. The van der Waals surface area contributed by atoms with Crippen molar-refractivity contribution in [2.75, 3.05) is 13.1 Å². The molecule has 2 heterocycles. The summed E-state index contributed by atoms with van der Waals surface area (Å²) in [5, 5.41) is 16.6. The Morgan fingerprint density at radius 3 is 2.68 bits per heavy atom. The Kier molecular flexibility index (Phi) is 4.24. The molecule has 0 radical (unpaired) electrons. The van der Waals surface area contributed by atoms with Crippen LogP contribution >= 0.6 is 0 Å². The van der Waals surface area contributed by atoms with Gasteiger partial charge in [0.2, 0.25) is 0 Å². The van der Waals surface area contributed by atoms with Crippen LogP contribution in [0, 0.1) is 0 Å². The van der Waals surface area contributed by atoms with E-state index in [1.807, 2.05) is 18.2 Å². The monoisotopic (exact) mass is 299 g/mol. The molecule has 1 unspecified atom stereocenters. The third-order valence-corrected chi connectivity index (χ3v) is 4.38. The molecule has 1 aromatic carbocycles. The van der Waals surface area contributed by atoms with Gasteiger partial charge in [-0.2, -0.15) is 5.10 Å². The van der Waals surface area contributed by atoms with Gasteiger partial charge in [-0.15, -0.1) is 0 Å². The number of likely N-dealkylation sites (tertiary alicyclic amines) is 1. The SMILES string of the molecule is CC(c1ccccc1)c1[nH]ncc1C(=O)N1CCC(O)CC1. The Bertz CT molecular complexity index is 630. The molecule has 1 aliphatic heterocycles. The molecule has 0 aliphatic carbocycles. The van der Waals surface area contributed by atoms with Gasteiger partial charge in [0.1, 0.15) is 0 Å².